The summed E-state index contributed by atoms with van der Waals surface area (Å²) in [5.74, 6) is 0. The van der Waals surface area contributed by atoms with Gasteiger partial charge in [-0.1, -0.05) is 55.5 Å². The Balaban J connectivity index is 1.91. The zero-order valence-electron chi connectivity index (χ0n) is 10.5. The summed E-state index contributed by atoms with van der Waals surface area (Å²) in [5, 5.41) is 0. The molecule has 88 valence electrons. The second-order valence-electron chi connectivity index (χ2n) is 4.93. The van der Waals surface area contributed by atoms with Gasteiger partial charge in [-0.05, 0) is 24.5 Å². The first-order chi connectivity index (χ1) is 8.33. The van der Waals surface area contributed by atoms with E-state index in [4.69, 9.17) is 0 Å². The van der Waals surface area contributed by atoms with E-state index in [2.05, 4.69) is 67.3 Å². The van der Waals surface area contributed by atoms with Gasteiger partial charge in [0.25, 0.3) is 0 Å². The van der Waals surface area contributed by atoms with Crippen molar-refractivity contribution in [2.24, 2.45) is 0 Å². The summed E-state index contributed by atoms with van der Waals surface area (Å²) in [5.41, 5.74) is 2.99. The molecule has 0 fully saturated rings. The summed E-state index contributed by atoms with van der Waals surface area (Å²) >= 11 is 0. The lowest BCUT2D eigenvalue weighted by atomic mass is 9.97. The summed E-state index contributed by atoms with van der Waals surface area (Å²) in [4.78, 5) is 2.59. The number of rotatable bonds is 3. The van der Waals surface area contributed by atoms with E-state index >= 15 is 0 Å². The van der Waals surface area contributed by atoms with Crippen molar-refractivity contribution < 1.29 is 0 Å². The number of hydrogen-bond acceptors (Lipinski definition) is 1. The molecule has 0 N–H and O–H groups in total. The van der Waals surface area contributed by atoms with Gasteiger partial charge in [0.15, 0.2) is 0 Å². The van der Waals surface area contributed by atoms with Crippen LogP contribution in [0, 0.1) is 0 Å². The van der Waals surface area contributed by atoms with Gasteiger partial charge in [0.1, 0.15) is 0 Å². The lowest BCUT2D eigenvalue weighted by Crippen LogP contribution is -2.29. The highest BCUT2D eigenvalue weighted by molar-refractivity contribution is 5.46. The Morgan fingerprint density at radius 3 is 2.29 bits per heavy atom. The van der Waals surface area contributed by atoms with Crippen LogP contribution in [0.3, 0.4) is 0 Å². The van der Waals surface area contributed by atoms with E-state index in [1.54, 1.807) is 0 Å². The third-order valence-corrected chi connectivity index (χ3v) is 3.87. The highest BCUT2D eigenvalue weighted by atomic mass is 15.2. The predicted molar refractivity (Wildman–Crippen MR) is 71.8 cm³/mol. The Labute approximate surface area is 103 Å². The molecule has 0 spiro atoms. The van der Waals surface area contributed by atoms with Gasteiger partial charge in [-0.15, -0.1) is 0 Å². The van der Waals surface area contributed by atoms with Crippen LogP contribution in [0.25, 0.3) is 0 Å². The maximum atomic E-state index is 2.59. The van der Waals surface area contributed by atoms with Crippen LogP contribution in [-0.2, 0) is 0 Å². The lowest BCUT2D eigenvalue weighted by molar-refractivity contribution is 0.206. The smallest absolute Gasteiger partial charge is 0.0550 e. The van der Waals surface area contributed by atoms with Crippen molar-refractivity contribution in [3.8, 4) is 0 Å². The van der Waals surface area contributed by atoms with E-state index in [0.29, 0.717) is 18.1 Å². The summed E-state index contributed by atoms with van der Waals surface area (Å²) in [7, 11) is 0. The minimum Gasteiger partial charge on any atom is -0.276 e. The molecule has 1 heteroatoms. The van der Waals surface area contributed by atoms with Crippen LogP contribution in [0.4, 0.5) is 0 Å². The van der Waals surface area contributed by atoms with Gasteiger partial charge in [0.2, 0.25) is 0 Å². The Kier molecular flexibility index (Phi) is 2.64. The first-order valence-corrected chi connectivity index (χ1v) is 6.54. The van der Waals surface area contributed by atoms with Crippen molar-refractivity contribution >= 4 is 0 Å². The zero-order valence-corrected chi connectivity index (χ0v) is 10.5. The van der Waals surface area contributed by atoms with Crippen molar-refractivity contribution in [1.29, 1.82) is 0 Å². The maximum Gasteiger partial charge on any atom is 0.0550 e. The molecule has 1 aromatic carbocycles. The van der Waals surface area contributed by atoms with E-state index < -0.39 is 0 Å². The number of fused-ring (bicyclic) bond motifs is 5. The van der Waals surface area contributed by atoms with E-state index in [0.717, 1.165) is 6.42 Å². The van der Waals surface area contributed by atoms with Gasteiger partial charge in [0, 0.05) is 6.04 Å². The number of allylic oxidation sites excluding steroid dienone is 1. The fourth-order valence-corrected chi connectivity index (χ4v) is 3.10. The van der Waals surface area contributed by atoms with Gasteiger partial charge in [-0.3, -0.25) is 4.90 Å². The third kappa shape index (κ3) is 1.57. The monoisotopic (exact) mass is 225 g/mol. The normalized spacial score (nSPS) is 27.9. The average molecular weight is 225 g/mol. The number of hydrogen-bond donors (Lipinski definition) is 0. The Hall–Kier alpha value is -1.34. The molecule has 3 rings (SSSR count). The fourth-order valence-electron chi connectivity index (χ4n) is 3.10. The largest absolute Gasteiger partial charge is 0.276 e. The third-order valence-electron chi connectivity index (χ3n) is 3.87. The molecule has 0 aromatic heterocycles. The van der Waals surface area contributed by atoms with Crippen LogP contribution in [0.5, 0.6) is 0 Å². The number of nitrogens with zero attached hydrogens (tertiary/aromatic N) is 1. The van der Waals surface area contributed by atoms with Gasteiger partial charge in [-0.25, -0.2) is 0 Å². The van der Waals surface area contributed by atoms with Gasteiger partial charge < -0.3 is 0 Å². The molecule has 2 aliphatic heterocycles. The topological polar surface area (TPSA) is 3.24 Å². The van der Waals surface area contributed by atoms with Gasteiger partial charge in [0.05, 0.1) is 12.1 Å². The zero-order chi connectivity index (χ0) is 11.8. The molecule has 2 bridgehead atoms. The van der Waals surface area contributed by atoms with Crippen molar-refractivity contribution in [1.82, 2.24) is 4.90 Å². The van der Waals surface area contributed by atoms with Crippen LogP contribution < -0.4 is 0 Å². The van der Waals surface area contributed by atoms with Crippen LogP contribution in [0.1, 0.15) is 43.5 Å². The predicted octanol–water partition coefficient (Wildman–Crippen LogP) is 4.01. The molecule has 2 heterocycles. The van der Waals surface area contributed by atoms with Crippen LogP contribution >= 0.6 is 0 Å². The van der Waals surface area contributed by atoms with Gasteiger partial charge >= 0.3 is 0 Å². The minimum absolute atomic E-state index is 0.493. The highest BCUT2D eigenvalue weighted by Crippen LogP contribution is 2.49. The van der Waals surface area contributed by atoms with Crippen molar-refractivity contribution in [2.75, 3.05) is 0 Å². The molecule has 0 aliphatic carbocycles. The lowest BCUT2D eigenvalue weighted by Gasteiger charge is -2.27. The Morgan fingerprint density at radius 2 is 1.76 bits per heavy atom. The van der Waals surface area contributed by atoms with E-state index in [-0.39, 0.29) is 0 Å². The molecule has 0 saturated carbocycles. The molecule has 2 aliphatic rings. The molecule has 3 unspecified atom stereocenters. The Bertz CT molecular complexity index is 439. The molecular formula is C16H19N. The van der Waals surface area contributed by atoms with E-state index in [9.17, 15) is 0 Å². The average Bonchev–Trinajstić information content (AvgIpc) is 2.93. The summed E-state index contributed by atoms with van der Waals surface area (Å²) in [6.45, 7) is 4.49. The van der Waals surface area contributed by atoms with Crippen molar-refractivity contribution in [3.05, 3.63) is 59.7 Å². The van der Waals surface area contributed by atoms with Crippen LogP contribution in [0.2, 0.25) is 0 Å². The van der Waals surface area contributed by atoms with E-state index in [1.165, 1.54) is 11.1 Å². The molecule has 1 nitrogen and oxygen atoms in total. The second kappa shape index (κ2) is 4.15. The number of benzene rings is 1. The standard InChI is InChI=1S/C16H19N/c1-3-4-7-12(2)17-15-10-11-16(17)14-9-6-5-8-13(14)15/h4-12,15-16H,3H2,1-2H3/b7-4+. The minimum atomic E-state index is 0.493. The first-order valence-electron chi connectivity index (χ1n) is 6.54. The second-order valence-corrected chi connectivity index (χ2v) is 4.93. The molecule has 0 amide bonds. The highest BCUT2D eigenvalue weighted by Gasteiger charge is 2.41. The molecule has 1 aromatic rings. The Morgan fingerprint density at radius 1 is 1.18 bits per heavy atom. The van der Waals surface area contributed by atoms with Gasteiger partial charge in [-0.2, -0.15) is 0 Å². The summed E-state index contributed by atoms with van der Waals surface area (Å²) < 4.78 is 0. The molecule has 0 saturated heterocycles. The maximum absolute atomic E-state index is 2.59. The summed E-state index contributed by atoms with van der Waals surface area (Å²) in [6, 6.07) is 10.3. The molecular weight excluding hydrogens is 206 g/mol. The van der Waals surface area contributed by atoms with Crippen molar-refractivity contribution in [2.45, 2.75) is 38.4 Å². The molecule has 3 atom stereocenters. The SMILES string of the molecule is CC/C=C/C(C)N1C2C=CC1c1ccccc12. The quantitative estimate of drug-likeness (QED) is 0.703. The van der Waals surface area contributed by atoms with Crippen LogP contribution in [0.15, 0.2) is 48.6 Å². The molecule has 0 radical (unpaired) electrons. The molecule has 17 heavy (non-hydrogen) atoms. The van der Waals surface area contributed by atoms with Crippen molar-refractivity contribution in [3.63, 3.8) is 0 Å². The van der Waals surface area contributed by atoms with E-state index in [1.807, 2.05) is 0 Å². The van der Waals surface area contributed by atoms with Crippen LogP contribution in [-0.4, -0.2) is 10.9 Å². The first kappa shape index (κ1) is 10.8. The fraction of sp³-hybridized carbons (Fsp3) is 0.375. The summed E-state index contributed by atoms with van der Waals surface area (Å²) in [6.07, 6.45) is 10.4.